The standard InChI is InChI=1S/C30H43N9O/c1-36(2)29(40)26-19-23-20-33-30(35-28(23)39(26)24-5-3-4-6-24)34-27-8-7-25(21-32-27)38-17-15-37(16-18-38)14-11-22-9-12-31-13-10-22/h7-8,19-22,24,31H,3-6,9-18H2,1-2H3,(H,32,33,34,35). The van der Waals surface area contributed by atoms with Crippen LogP contribution in [0, 0.1) is 5.92 Å². The molecule has 214 valence electrons. The van der Waals surface area contributed by atoms with Crippen LogP contribution in [0.2, 0.25) is 0 Å². The first-order chi connectivity index (χ1) is 19.5. The number of carbonyl (C=O) groups excluding carboxylic acids is 1. The smallest absolute Gasteiger partial charge is 0.270 e. The number of carbonyl (C=O) groups is 1. The molecule has 0 spiro atoms. The molecule has 5 heterocycles. The van der Waals surface area contributed by atoms with Gasteiger partial charge in [-0.1, -0.05) is 12.8 Å². The molecule has 3 aromatic heterocycles. The summed E-state index contributed by atoms with van der Waals surface area (Å²) >= 11 is 0. The van der Waals surface area contributed by atoms with Crippen LogP contribution in [-0.2, 0) is 0 Å². The van der Waals surface area contributed by atoms with Crippen molar-refractivity contribution in [3.63, 3.8) is 0 Å². The first kappa shape index (κ1) is 27.0. The van der Waals surface area contributed by atoms with Gasteiger partial charge in [-0.05, 0) is 75.9 Å². The Morgan fingerprint density at radius 2 is 1.80 bits per heavy atom. The van der Waals surface area contributed by atoms with E-state index in [1.807, 2.05) is 24.5 Å². The number of rotatable bonds is 8. The van der Waals surface area contributed by atoms with Gasteiger partial charge >= 0.3 is 0 Å². The van der Waals surface area contributed by atoms with Crippen LogP contribution < -0.4 is 15.5 Å². The Morgan fingerprint density at radius 3 is 2.50 bits per heavy atom. The van der Waals surface area contributed by atoms with Gasteiger partial charge in [0.2, 0.25) is 5.95 Å². The molecule has 40 heavy (non-hydrogen) atoms. The number of pyridine rings is 1. The number of aromatic nitrogens is 4. The van der Waals surface area contributed by atoms with Crippen molar-refractivity contribution in [2.45, 2.75) is 51.0 Å². The zero-order valence-corrected chi connectivity index (χ0v) is 24.0. The second kappa shape index (κ2) is 12.1. The molecule has 2 aliphatic heterocycles. The third-order valence-corrected chi connectivity index (χ3v) is 8.93. The highest BCUT2D eigenvalue weighted by molar-refractivity contribution is 5.97. The number of hydrogen-bond donors (Lipinski definition) is 2. The fraction of sp³-hybridized carbons (Fsp3) is 0.600. The number of nitrogens with zero attached hydrogens (tertiary/aromatic N) is 7. The summed E-state index contributed by atoms with van der Waals surface area (Å²) < 4.78 is 2.14. The van der Waals surface area contributed by atoms with Gasteiger partial charge in [0.25, 0.3) is 5.91 Å². The van der Waals surface area contributed by atoms with Crippen molar-refractivity contribution in [3.8, 4) is 0 Å². The Labute approximate surface area is 237 Å². The minimum atomic E-state index is -0.000675. The van der Waals surface area contributed by atoms with Crippen molar-refractivity contribution in [1.29, 1.82) is 0 Å². The topological polar surface area (TPSA) is 94.5 Å². The maximum absolute atomic E-state index is 13.0. The molecule has 3 aromatic rings. The third-order valence-electron chi connectivity index (χ3n) is 8.93. The summed E-state index contributed by atoms with van der Waals surface area (Å²) in [4.78, 5) is 33.7. The maximum atomic E-state index is 13.0. The van der Waals surface area contributed by atoms with Crippen LogP contribution in [0.4, 0.5) is 17.5 Å². The fourth-order valence-electron chi connectivity index (χ4n) is 6.52. The summed E-state index contributed by atoms with van der Waals surface area (Å²) in [6.45, 7) is 7.88. The first-order valence-electron chi connectivity index (χ1n) is 15.1. The second-order valence-corrected chi connectivity index (χ2v) is 11.8. The Bertz CT molecular complexity index is 1280. The summed E-state index contributed by atoms with van der Waals surface area (Å²) in [7, 11) is 3.59. The van der Waals surface area contributed by atoms with Gasteiger partial charge in [0.05, 0.1) is 11.9 Å². The van der Waals surface area contributed by atoms with Gasteiger partial charge < -0.3 is 25.0 Å². The second-order valence-electron chi connectivity index (χ2n) is 11.8. The normalized spacial score (nSPS) is 19.4. The number of piperidine rings is 1. The average Bonchev–Trinajstić information content (AvgIpc) is 3.65. The molecule has 2 N–H and O–H groups in total. The lowest BCUT2D eigenvalue weighted by Gasteiger charge is -2.36. The molecule has 3 fully saturated rings. The highest BCUT2D eigenvalue weighted by atomic mass is 16.2. The van der Waals surface area contributed by atoms with Crippen molar-refractivity contribution < 1.29 is 4.79 Å². The Hall–Kier alpha value is -3.24. The molecule has 6 rings (SSSR count). The summed E-state index contributed by atoms with van der Waals surface area (Å²) in [6.07, 6.45) is 12.2. The van der Waals surface area contributed by atoms with Gasteiger partial charge in [-0.15, -0.1) is 0 Å². The highest BCUT2D eigenvalue weighted by Crippen LogP contribution is 2.35. The van der Waals surface area contributed by atoms with Crippen molar-refractivity contribution in [3.05, 3.63) is 36.3 Å². The first-order valence-corrected chi connectivity index (χ1v) is 15.1. The van der Waals surface area contributed by atoms with Crippen LogP contribution in [0.1, 0.15) is 61.5 Å². The van der Waals surface area contributed by atoms with Gasteiger partial charge in [0.15, 0.2) is 0 Å². The van der Waals surface area contributed by atoms with E-state index in [0.29, 0.717) is 23.5 Å². The Balaban J connectivity index is 1.09. The lowest BCUT2D eigenvalue weighted by Crippen LogP contribution is -2.47. The minimum absolute atomic E-state index is 0.000675. The Morgan fingerprint density at radius 1 is 1.02 bits per heavy atom. The van der Waals surface area contributed by atoms with Gasteiger partial charge in [-0.25, -0.2) is 9.97 Å². The third kappa shape index (κ3) is 5.93. The molecule has 1 amide bonds. The molecule has 10 nitrogen and oxygen atoms in total. The zero-order chi connectivity index (χ0) is 27.5. The van der Waals surface area contributed by atoms with Crippen molar-refractivity contribution in [2.24, 2.45) is 5.92 Å². The Kier molecular flexibility index (Phi) is 8.15. The van der Waals surface area contributed by atoms with Crippen LogP contribution in [-0.4, -0.2) is 95.1 Å². The predicted molar refractivity (Wildman–Crippen MR) is 159 cm³/mol. The highest BCUT2D eigenvalue weighted by Gasteiger charge is 2.26. The van der Waals surface area contributed by atoms with E-state index in [1.165, 1.54) is 51.7 Å². The van der Waals surface area contributed by atoms with Crippen molar-refractivity contribution >= 4 is 34.4 Å². The molecule has 1 aliphatic carbocycles. The minimum Gasteiger partial charge on any atom is -0.368 e. The number of nitrogens with one attached hydrogen (secondary N) is 2. The van der Waals surface area contributed by atoms with Crippen LogP contribution in [0.5, 0.6) is 0 Å². The van der Waals surface area contributed by atoms with Crippen LogP contribution in [0.3, 0.4) is 0 Å². The largest absolute Gasteiger partial charge is 0.368 e. The molecule has 10 heteroatoms. The van der Waals surface area contributed by atoms with E-state index in [9.17, 15) is 4.79 Å². The maximum Gasteiger partial charge on any atom is 0.270 e. The molecule has 0 radical (unpaired) electrons. The number of fused-ring (bicyclic) bond motifs is 1. The number of amides is 1. The average molecular weight is 546 g/mol. The van der Waals surface area contributed by atoms with Gasteiger partial charge in [-0.2, -0.15) is 4.98 Å². The predicted octanol–water partition coefficient (Wildman–Crippen LogP) is 3.90. The molecule has 0 aromatic carbocycles. The van der Waals surface area contributed by atoms with Gasteiger partial charge in [0, 0.05) is 57.9 Å². The summed E-state index contributed by atoms with van der Waals surface area (Å²) in [5, 5.41) is 7.65. The van der Waals surface area contributed by atoms with E-state index in [1.54, 1.807) is 19.0 Å². The molecule has 0 unspecified atom stereocenters. The molecule has 2 saturated heterocycles. The van der Waals surface area contributed by atoms with E-state index in [0.717, 1.165) is 61.7 Å². The summed E-state index contributed by atoms with van der Waals surface area (Å²) in [6, 6.07) is 6.36. The quantitative estimate of drug-likeness (QED) is 0.440. The van der Waals surface area contributed by atoms with Crippen LogP contribution in [0.25, 0.3) is 11.0 Å². The number of piperazine rings is 1. The SMILES string of the molecule is CN(C)C(=O)c1cc2cnc(Nc3ccc(N4CCN(CCC5CCNCC5)CC4)cn3)nc2n1C1CCCC1. The van der Waals surface area contributed by atoms with E-state index >= 15 is 0 Å². The molecular formula is C30H43N9O. The van der Waals surface area contributed by atoms with Crippen LogP contribution >= 0.6 is 0 Å². The lowest BCUT2D eigenvalue weighted by molar-refractivity contribution is 0.0815. The fourth-order valence-corrected chi connectivity index (χ4v) is 6.52. The van der Waals surface area contributed by atoms with E-state index in [-0.39, 0.29) is 5.91 Å². The number of anilines is 3. The van der Waals surface area contributed by atoms with Crippen molar-refractivity contribution in [1.82, 2.24) is 34.6 Å². The van der Waals surface area contributed by atoms with Gasteiger partial charge in [0.1, 0.15) is 17.2 Å². The van der Waals surface area contributed by atoms with E-state index in [2.05, 4.69) is 41.0 Å². The van der Waals surface area contributed by atoms with Gasteiger partial charge in [-0.3, -0.25) is 9.69 Å². The number of hydrogen-bond acceptors (Lipinski definition) is 8. The van der Waals surface area contributed by atoms with E-state index < -0.39 is 0 Å². The molecule has 1 saturated carbocycles. The van der Waals surface area contributed by atoms with Crippen LogP contribution in [0.15, 0.2) is 30.6 Å². The van der Waals surface area contributed by atoms with E-state index in [4.69, 9.17) is 4.98 Å². The monoisotopic (exact) mass is 545 g/mol. The summed E-state index contributed by atoms with van der Waals surface area (Å²) in [5.74, 6) is 2.10. The summed E-state index contributed by atoms with van der Waals surface area (Å²) in [5.41, 5.74) is 2.65. The molecule has 3 aliphatic rings. The molecular weight excluding hydrogens is 502 g/mol. The lowest BCUT2D eigenvalue weighted by atomic mass is 9.94. The molecule has 0 bridgehead atoms. The zero-order valence-electron chi connectivity index (χ0n) is 24.0. The van der Waals surface area contributed by atoms with Crippen molar-refractivity contribution in [2.75, 3.05) is 70.1 Å². The molecule has 0 atom stereocenters.